The van der Waals surface area contributed by atoms with Crippen LogP contribution in [0.3, 0.4) is 0 Å². The van der Waals surface area contributed by atoms with Crippen LogP contribution >= 0.6 is 15.6 Å². The number of carbonyl (C=O) groups excluding carboxylic acids is 4. The van der Waals surface area contributed by atoms with Gasteiger partial charge in [-0.15, -0.1) is 0 Å². The van der Waals surface area contributed by atoms with Crippen LogP contribution in [0.5, 0.6) is 0 Å². The molecule has 0 aliphatic rings. The van der Waals surface area contributed by atoms with Crippen LogP contribution in [-0.4, -0.2) is 96.7 Å². The molecule has 3 N–H and O–H groups in total. The average molecular weight is 1340 g/mol. The number of ether oxygens (including phenoxy) is 4. The minimum atomic E-state index is -4.95. The maximum atomic E-state index is 13.0. The van der Waals surface area contributed by atoms with Crippen LogP contribution in [0.15, 0.2) is 0 Å². The highest BCUT2D eigenvalue weighted by molar-refractivity contribution is 7.47. The van der Waals surface area contributed by atoms with Gasteiger partial charge in [-0.25, -0.2) is 9.13 Å². The van der Waals surface area contributed by atoms with Crippen LogP contribution in [0.4, 0.5) is 0 Å². The lowest BCUT2D eigenvalue weighted by atomic mass is 10.00. The lowest BCUT2D eigenvalue weighted by Gasteiger charge is -2.21. The topological polar surface area (TPSA) is 237 Å². The Morgan fingerprint density at radius 2 is 0.560 bits per heavy atom. The first-order valence-electron chi connectivity index (χ1n) is 37.4. The number of carbonyl (C=O) groups is 4. The molecule has 0 saturated carbocycles. The second-order valence-electron chi connectivity index (χ2n) is 27.2. The predicted octanol–water partition coefficient (Wildman–Crippen LogP) is 20.6. The van der Waals surface area contributed by atoms with Gasteiger partial charge in [-0.1, -0.05) is 312 Å². The molecule has 0 radical (unpaired) electrons. The molecule has 0 saturated heterocycles. The van der Waals surface area contributed by atoms with Gasteiger partial charge in [0.2, 0.25) is 0 Å². The zero-order valence-corrected chi connectivity index (χ0v) is 61.1. The summed E-state index contributed by atoms with van der Waals surface area (Å²) < 4.78 is 68.3. The van der Waals surface area contributed by atoms with Gasteiger partial charge in [0.05, 0.1) is 26.4 Å². The molecule has 0 bridgehead atoms. The van der Waals surface area contributed by atoms with Gasteiger partial charge >= 0.3 is 39.5 Å². The Hall–Kier alpha value is -1.94. The summed E-state index contributed by atoms with van der Waals surface area (Å²) in [5.74, 6) is 0.179. The summed E-state index contributed by atoms with van der Waals surface area (Å²) in [6.07, 6.45) is 47.3. The van der Waals surface area contributed by atoms with Gasteiger partial charge in [0.15, 0.2) is 12.2 Å². The van der Waals surface area contributed by atoms with Crippen LogP contribution in [0.25, 0.3) is 0 Å². The molecule has 0 aromatic carbocycles. The molecule has 0 fully saturated rings. The fraction of sp³-hybridized carbons (Fsp3) is 0.944. The number of aliphatic hydroxyl groups excluding tert-OH is 1. The minimum Gasteiger partial charge on any atom is -0.462 e. The molecule has 3 unspecified atom stereocenters. The Morgan fingerprint density at radius 1 is 0.319 bits per heavy atom. The second-order valence-corrected chi connectivity index (χ2v) is 30.1. The van der Waals surface area contributed by atoms with Crippen molar-refractivity contribution in [2.24, 2.45) is 17.8 Å². The summed E-state index contributed by atoms with van der Waals surface area (Å²) in [6.45, 7) is 11.8. The summed E-state index contributed by atoms with van der Waals surface area (Å²) in [6, 6.07) is 0. The fourth-order valence-corrected chi connectivity index (χ4v) is 12.4. The summed E-state index contributed by atoms with van der Waals surface area (Å²) >= 11 is 0. The van der Waals surface area contributed by atoms with Crippen molar-refractivity contribution in [2.75, 3.05) is 39.6 Å². The van der Waals surface area contributed by atoms with Crippen molar-refractivity contribution in [3.63, 3.8) is 0 Å². The zero-order chi connectivity index (χ0) is 67.3. The Balaban J connectivity index is 5.22. The second kappa shape index (κ2) is 62.8. The van der Waals surface area contributed by atoms with E-state index in [1.165, 1.54) is 167 Å². The lowest BCUT2D eigenvalue weighted by Crippen LogP contribution is -2.30. The Kier molecular flexibility index (Phi) is 61.5. The molecule has 0 aromatic rings. The number of phosphoric acid groups is 2. The molecule has 17 nitrogen and oxygen atoms in total. The van der Waals surface area contributed by atoms with Crippen molar-refractivity contribution in [3.8, 4) is 0 Å². The van der Waals surface area contributed by atoms with E-state index >= 15 is 0 Å². The first-order valence-corrected chi connectivity index (χ1v) is 40.4. The van der Waals surface area contributed by atoms with Crippen LogP contribution in [0.1, 0.15) is 363 Å². The SMILES string of the molecule is CCCCCCCCCCC(=O)OC[C@H](COP(=O)(O)OC[C@H](O)COP(=O)(O)OC[C@@H](COC(=O)CCCCCCCCCCCCCCCC(C)C)OC(=O)CCCCCCCCCCCCCCCCC(C)C)OC(=O)CCCCCCCCC(C)CC. The number of phosphoric ester groups is 2. The third-order valence-electron chi connectivity index (χ3n) is 17.0. The van der Waals surface area contributed by atoms with E-state index in [1.54, 1.807) is 0 Å². The molecule has 0 aliphatic heterocycles. The maximum Gasteiger partial charge on any atom is 0.472 e. The summed E-state index contributed by atoms with van der Waals surface area (Å²) in [5, 5.41) is 10.6. The lowest BCUT2D eigenvalue weighted by molar-refractivity contribution is -0.161. The normalized spacial score (nSPS) is 14.5. The molecule has 0 heterocycles. The molecule has 19 heteroatoms. The molecule has 0 spiro atoms. The van der Waals surface area contributed by atoms with Gasteiger partial charge in [-0.05, 0) is 43.4 Å². The minimum absolute atomic E-state index is 0.103. The zero-order valence-electron chi connectivity index (χ0n) is 59.3. The van der Waals surface area contributed by atoms with Crippen LogP contribution in [0, 0.1) is 17.8 Å². The highest BCUT2D eigenvalue weighted by atomic mass is 31.2. The highest BCUT2D eigenvalue weighted by Crippen LogP contribution is 2.45. The highest BCUT2D eigenvalue weighted by Gasteiger charge is 2.30. The molecule has 0 aliphatic carbocycles. The third-order valence-corrected chi connectivity index (χ3v) is 18.9. The number of hydrogen-bond donors (Lipinski definition) is 3. The molecule has 0 amide bonds. The van der Waals surface area contributed by atoms with Gasteiger partial charge < -0.3 is 33.8 Å². The van der Waals surface area contributed by atoms with E-state index in [-0.39, 0.29) is 25.7 Å². The van der Waals surface area contributed by atoms with Crippen molar-refractivity contribution in [1.29, 1.82) is 0 Å². The van der Waals surface area contributed by atoms with E-state index in [9.17, 15) is 43.2 Å². The Morgan fingerprint density at radius 3 is 0.835 bits per heavy atom. The van der Waals surface area contributed by atoms with E-state index in [4.69, 9.17) is 37.0 Å². The predicted molar refractivity (Wildman–Crippen MR) is 368 cm³/mol. The summed E-state index contributed by atoms with van der Waals surface area (Å²) in [7, 11) is -9.90. The van der Waals surface area contributed by atoms with Crippen molar-refractivity contribution in [3.05, 3.63) is 0 Å². The molecule has 0 aromatic heterocycles. The van der Waals surface area contributed by atoms with E-state index in [0.717, 1.165) is 114 Å². The maximum absolute atomic E-state index is 13.0. The molecule has 540 valence electrons. The Labute approximate surface area is 556 Å². The average Bonchev–Trinajstić information content (AvgIpc) is 3.30. The van der Waals surface area contributed by atoms with Gasteiger partial charge in [0, 0.05) is 25.7 Å². The number of aliphatic hydroxyl groups is 1. The third kappa shape index (κ3) is 65.1. The van der Waals surface area contributed by atoms with Crippen LogP contribution in [0.2, 0.25) is 0 Å². The quantitative estimate of drug-likeness (QED) is 0.0222. The number of unbranched alkanes of at least 4 members (excludes halogenated alkanes) is 37. The molecular weight excluding hydrogens is 1200 g/mol. The smallest absolute Gasteiger partial charge is 0.462 e. The molecule has 6 atom stereocenters. The van der Waals surface area contributed by atoms with Crippen molar-refractivity contribution < 1.29 is 80.2 Å². The first-order chi connectivity index (χ1) is 43.8. The Bertz CT molecular complexity index is 1790. The van der Waals surface area contributed by atoms with Crippen molar-refractivity contribution >= 4 is 39.5 Å². The van der Waals surface area contributed by atoms with E-state index in [2.05, 4.69) is 48.5 Å². The van der Waals surface area contributed by atoms with Gasteiger partial charge in [-0.2, -0.15) is 0 Å². The standard InChI is InChI=1S/C72H140O17P2/c1-8-10-11-12-13-31-39-46-53-69(74)82-60-68(89-72(77)56-49-42-35-34-38-45-52-65(7)9-2)62-87-91(80,81)85-58-66(73)57-84-90(78,79)86-61-67(59-83-70(75)54-47-40-32-27-23-20-16-18-22-26-30-37-44-51-64(5)6)88-71(76)55-48-41-33-28-24-19-15-14-17-21-25-29-36-43-50-63(3)4/h63-68,73H,8-62H2,1-7H3,(H,78,79)(H,80,81)/t65?,66-,67-,68-/m1/s1. The number of hydrogen-bond acceptors (Lipinski definition) is 15. The van der Waals surface area contributed by atoms with Gasteiger partial charge in [0.1, 0.15) is 19.3 Å². The van der Waals surface area contributed by atoms with Crippen LogP contribution < -0.4 is 0 Å². The fourth-order valence-electron chi connectivity index (χ4n) is 10.9. The van der Waals surface area contributed by atoms with Gasteiger partial charge in [-0.3, -0.25) is 37.3 Å². The number of rotatable bonds is 70. The van der Waals surface area contributed by atoms with Gasteiger partial charge in [0.25, 0.3) is 0 Å². The molecule has 91 heavy (non-hydrogen) atoms. The van der Waals surface area contributed by atoms with E-state index in [0.29, 0.717) is 25.7 Å². The first kappa shape index (κ1) is 89.1. The summed E-state index contributed by atoms with van der Waals surface area (Å²) in [5.41, 5.74) is 0. The van der Waals surface area contributed by atoms with Crippen molar-refractivity contribution in [2.45, 2.75) is 381 Å². The van der Waals surface area contributed by atoms with E-state index < -0.39 is 97.5 Å². The van der Waals surface area contributed by atoms with E-state index in [1.807, 2.05) is 0 Å². The number of esters is 4. The van der Waals surface area contributed by atoms with Crippen LogP contribution in [-0.2, 0) is 65.4 Å². The summed E-state index contributed by atoms with van der Waals surface area (Å²) in [4.78, 5) is 72.5. The largest absolute Gasteiger partial charge is 0.472 e. The monoisotopic (exact) mass is 1340 g/mol. The molecular formula is C72H140O17P2. The molecule has 0 rings (SSSR count). The van der Waals surface area contributed by atoms with Crippen molar-refractivity contribution in [1.82, 2.24) is 0 Å².